The molecule has 1 aromatic rings. The van der Waals surface area contributed by atoms with Gasteiger partial charge in [0.1, 0.15) is 6.54 Å². The third kappa shape index (κ3) is 12.3. The standard InChI is InChI=1S/C24H40N2O5/c1-4-6-8-9-10-11-12-13-14-30-19-20-16-21(29-3)23(25-17-20)24(28)26-18-22(27)31-15-7-5-2/h16-17H,4-15,18-19H2,1-3H3,(H,26,28). The minimum atomic E-state index is -0.476. The molecule has 0 saturated heterocycles. The van der Waals surface area contributed by atoms with Crippen molar-refractivity contribution >= 4 is 11.9 Å². The maximum absolute atomic E-state index is 12.3. The minimum Gasteiger partial charge on any atom is -0.494 e. The quantitative estimate of drug-likeness (QED) is 0.262. The molecular formula is C24H40N2O5. The summed E-state index contributed by atoms with van der Waals surface area (Å²) < 4.78 is 16.1. The van der Waals surface area contributed by atoms with Gasteiger partial charge in [-0.25, -0.2) is 4.98 Å². The van der Waals surface area contributed by atoms with Gasteiger partial charge < -0.3 is 19.5 Å². The predicted molar refractivity (Wildman–Crippen MR) is 121 cm³/mol. The van der Waals surface area contributed by atoms with E-state index in [1.54, 1.807) is 12.3 Å². The van der Waals surface area contributed by atoms with Crippen molar-refractivity contribution in [1.29, 1.82) is 0 Å². The number of carbonyl (C=O) groups excluding carboxylic acids is 2. The number of carbonyl (C=O) groups is 2. The second-order valence-electron chi connectivity index (χ2n) is 7.68. The molecule has 7 heteroatoms. The molecule has 0 aliphatic heterocycles. The van der Waals surface area contributed by atoms with E-state index in [2.05, 4.69) is 17.2 Å². The maximum atomic E-state index is 12.3. The number of hydrogen-bond donors (Lipinski definition) is 1. The Kier molecular flexibility index (Phi) is 15.2. The van der Waals surface area contributed by atoms with Crippen molar-refractivity contribution in [2.75, 3.05) is 26.9 Å². The predicted octanol–water partition coefficient (Wildman–Crippen LogP) is 4.82. The number of nitrogens with zero attached hydrogens (tertiary/aromatic N) is 1. The fourth-order valence-corrected chi connectivity index (χ4v) is 3.04. The highest BCUT2D eigenvalue weighted by Gasteiger charge is 2.16. The summed E-state index contributed by atoms with van der Waals surface area (Å²) in [5, 5.41) is 2.52. The van der Waals surface area contributed by atoms with E-state index in [1.807, 2.05) is 6.92 Å². The van der Waals surface area contributed by atoms with Crippen LogP contribution in [0.25, 0.3) is 0 Å². The highest BCUT2D eigenvalue weighted by Crippen LogP contribution is 2.18. The molecule has 1 N–H and O–H groups in total. The van der Waals surface area contributed by atoms with Crippen LogP contribution in [0.15, 0.2) is 12.3 Å². The molecule has 0 fully saturated rings. The van der Waals surface area contributed by atoms with E-state index >= 15 is 0 Å². The number of pyridine rings is 1. The average molecular weight is 437 g/mol. The zero-order chi connectivity index (χ0) is 22.7. The van der Waals surface area contributed by atoms with Crippen LogP contribution in [-0.2, 0) is 20.9 Å². The van der Waals surface area contributed by atoms with Gasteiger partial charge >= 0.3 is 5.97 Å². The van der Waals surface area contributed by atoms with Crippen LogP contribution in [0.4, 0.5) is 0 Å². The molecule has 0 aromatic carbocycles. The molecule has 1 aromatic heterocycles. The number of ether oxygens (including phenoxy) is 3. The zero-order valence-electron chi connectivity index (χ0n) is 19.5. The average Bonchev–Trinajstić information content (AvgIpc) is 2.78. The van der Waals surface area contributed by atoms with E-state index in [4.69, 9.17) is 14.2 Å². The lowest BCUT2D eigenvalue weighted by Crippen LogP contribution is -2.31. The lowest BCUT2D eigenvalue weighted by atomic mass is 10.1. The summed E-state index contributed by atoms with van der Waals surface area (Å²) in [4.78, 5) is 28.1. The van der Waals surface area contributed by atoms with Crippen LogP contribution in [0.3, 0.4) is 0 Å². The summed E-state index contributed by atoms with van der Waals surface area (Å²) in [6.45, 7) is 5.54. The number of hydrogen-bond acceptors (Lipinski definition) is 6. The van der Waals surface area contributed by atoms with Gasteiger partial charge in [0.15, 0.2) is 11.4 Å². The molecule has 0 bridgehead atoms. The third-order valence-corrected chi connectivity index (χ3v) is 4.91. The fourth-order valence-electron chi connectivity index (χ4n) is 3.04. The second-order valence-corrected chi connectivity index (χ2v) is 7.68. The Hall–Kier alpha value is -2.15. The van der Waals surface area contributed by atoms with E-state index < -0.39 is 11.9 Å². The summed E-state index contributed by atoms with van der Waals surface area (Å²) in [6.07, 6.45) is 13.5. The Bertz CT molecular complexity index is 636. The molecule has 1 rings (SSSR count). The Morgan fingerprint density at radius 3 is 2.29 bits per heavy atom. The second kappa shape index (κ2) is 17.5. The van der Waals surface area contributed by atoms with Crippen molar-refractivity contribution in [3.8, 4) is 5.75 Å². The van der Waals surface area contributed by atoms with Crippen LogP contribution < -0.4 is 10.1 Å². The molecule has 0 radical (unpaired) electrons. The SMILES string of the molecule is CCCCCCCCCCOCc1cnc(C(=O)NCC(=O)OCCCC)c(OC)c1. The number of methoxy groups -OCH3 is 1. The lowest BCUT2D eigenvalue weighted by Gasteiger charge is -2.11. The largest absolute Gasteiger partial charge is 0.494 e. The van der Waals surface area contributed by atoms with Gasteiger partial charge in [0.05, 0.1) is 20.3 Å². The number of esters is 1. The molecule has 0 aliphatic rings. The Balaban J connectivity index is 2.31. The van der Waals surface area contributed by atoms with Crippen molar-refractivity contribution in [3.63, 3.8) is 0 Å². The van der Waals surface area contributed by atoms with Crippen LogP contribution in [0.5, 0.6) is 5.75 Å². The zero-order valence-corrected chi connectivity index (χ0v) is 19.5. The normalized spacial score (nSPS) is 10.7. The smallest absolute Gasteiger partial charge is 0.325 e. The van der Waals surface area contributed by atoms with E-state index in [0.717, 1.165) is 24.8 Å². The first-order chi connectivity index (χ1) is 15.1. The van der Waals surface area contributed by atoms with Gasteiger partial charge in [-0.05, 0) is 24.5 Å². The first-order valence-corrected chi connectivity index (χ1v) is 11.7. The van der Waals surface area contributed by atoms with Crippen LogP contribution in [0.1, 0.15) is 94.1 Å². The van der Waals surface area contributed by atoms with Gasteiger partial charge in [-0.1, -0.05) is 65.2 Å². The number of unbranched alkanes of at least 4 members (excludes halogenated alkanes) is 8. The number of amides is 1. The summed E-state index contributed by atoms with van der Waals surface area (Å²) >= 11 is 0. The maximum Gasteiger partial charge on any atom is 0.325 e. The molecule has 176 valence electrons. The third-order valence-electron chi connectivity index (χ3n) is 4.91. The topological polar surface area (TPSA) is 86.8 Å². The van der Waals surface area contributed by atoms with Gasteiger partial charge in [-0.2, -0.15) is 0 Å². The Morgan fingerprint density at radius 2 is 1.61 bits per heavy atom. The van der Waals surface area contributed by atoms with E-state index in [1.165, 1.54) is 52.1 Å². The lowest BCUT2D eigenvalue weighted by molar-refractivity contribution is -0.142. The highest BCUT2D eigenvalue weighted by molar-refractivity contribution is 5.96. The van der Waals surface area contributed by atoms with Crippen LogP contribution >= 0.6 is 0 Å². The first-order valence-electron chi connectivity index (χ1n) is 11.7. The van der Waals surface area contributed by atoms with Gasteiger partial charge in [0.2, 0.25) is 0 Å². The van der Waals surface area contributed by atoms with Crippen LogP contribution in [-0.4, -0.2) is 43.7 Å². The summed E-state index contributed by atoms with van der Waals surface area (Å²) in [5.41, 5.74) is 0.975. The van der Waals surface area contributed by atoms with Gasteiger partial charge in [-0.3, -0.25) is 9.59 Å². The molecule has 0 saturated carbocycles. The van der Waals surface area contributed by atoms with Crippen molar-refractivity contribution in [3.05, 3.63) is 23.5 Å². The molecule has 0 spiro atoms. The van der Waals surface area contributed by atoms with Gasteiger partial charge in [-0.15, -0.1) is 0 Å². The number of aromatic nitrogens is 1. The fraction of sp³-hybridized carbons (Fsp3) is 0.708. The van der Waals surface area contributed by atoms with Crippen molar-refractivity contribution < 1.29 is 23.8 Å². The van der Waals surface area contributed by atoms with Crippen LogP contribution in [0.2, 0.25) is 0 Å². The molecule has 0 atom stereocenters. The van der Waals surface area contributed by atoms with Crippen molar-refractivity contribution in [2.24, 2.45) is 0 Å². The summed E-state index contributed by atoms with van der Waals surface area (Å²) in [6, 6.07) is 1.75. The van der Waals surface area contributed by atoms with E-state index in [0.29, 0.717) is 25.6 Å². The summed E-state index contributed by atoms with van der Waals surface area (Å²) in [5.74, 6) is -0.590. The van der Waals surface area contributed by atoms with Crippen LogP contribution in [0, 0.1) is 0 Å². The molecular weight excluding hydrogens is 396 g/mol. The van der Waals surface area contributed by atoms with Gasteiger partial charge in [0.25, 0.3) is 5.91 Å². The molecule has 1 amide bonds. The van der Waals surface area contributed by atoms with E-state index in [9.17, 15) is 9.59 Å². The summed E-state index contributed by atoms with van der Waals surface area (Å²) in [7, 11) is 1.48. The van der Waals surface area contributed by atoms with Crippen molar-refractivity contribution in [2.45, 2.75) is 84.7 Å². The first kappa shape index (κ1) is 26.9. The minimum absolute atomic E-state index is 0.135. The molecule has 7 nitrogen and oxygen atoms in total. The molecule has 0 aliphatic carbocycles. The number of nitrogens with one attached hydrogen (secondary N) is 1. The molecule has 31 heavy (non-hydrogen) atoms. The highest BCUT2D eigenvalue weighted by atomic mass is 16.5. The Morgan fingerprint density at radius 1 is 0.935 bits per heavy atom. The molecule has 0 unspecified atom stereocenters. The monoisotopic (exact) mass is 436 g/mol. The van der Waals surface area contributed by atoms with E-state index in [-0.39, 0.29) is 12.2 Å². The number of rotatable bonds is 18. The Labute approximate surface area is 187 Å². The van der Waals surface area contributed by atoms with Gasteiger partial charge in [0, 0.05) is 12.8 Å². The molecule has 1 heterocycles. The van der Waals surface area contributed by atoms with Crippen molar-refractivity contribution in [1.82, 2.24) is 10.3 Å².